The van der Waals surface area contributed by atoms with Crippen molar-refractivity contribution < 1.29 is 0 Å². The van der Waals surface area contributed by atoms with Crippen molar-refractivity contribution in [1.29, 1.82) is 5.26 Å². The van der Waals surface area contributed by atoms with Crippen LogP contribution in [-0.4, -0.2) is 20.4 Å². The summed E-state index contributed by atoms with van der Waals surface area (Å²) in [5.74, 6) is 0.669. The molecule has 4 aromatic rings. The van der Waals surface area contributed by atoms with Gasteiger partial charge in [0, 0.05) is 18.6 Å². The van der Waals surface area contributed by atoms with Crippen molar-refractivity contribution in [3.8, 4) is 6.07 Å². The molecule has 3 aromatic carbocycles. The van der Waals surface area contributed by atoms with Crippen LogP contribution >= 0.6 is 11.6 Å². The van der Waals surface area contributed by atoms with Gasteiger partial charge in [-0.25, -0.2) is 9.98 Å². The number of imidazole rings is 1. The summed E-state index contributed by atoms with van der Waals surface area (Å²) in [6.07, 6.45) is 1.06. The smallest absolute Gasteiger partial charge is 0.152 e. The standard InChI is InChI=1S/C27H18ClN5/c28-26-15-23(30-20-10-4-5-11-21(20)31-26)25-14-18(17-8-2-1-3-9-17)19(16-29)27-32-22-12-6-7-13-24(22)33(25)27/h1-13,25H,14-15H2. The average molecular weight is 448 g/mol. The molecule has 33 heavy (non-hydrogen) atoms. The van der Waals surface area contributed by atoms with Crippen LogP contribution in [-0.2, 0) is 0 Å². The molecule has 0 saturated heterocycles. The molecule has 2 aliphatic rings. The molecule has 0 radical (unpaired) electrons. The van der Waals surface area contributed by atoms with E-state index < -0.39 is 0 Å². The molecule has 5 nitrogen and oxygen atoms in total. The third-order valence-corrected chi connectivity index (χ3v) is 6.38. The molecule has 0 bridgehead atoms. The lowest BCUT2D eigenvalue weighted by atomic mass is 9.88. The van der Waals surface area contributed by atoms with Crippen LogP contribution in [0.25, 0.3) is 22.2 Å². The number of nitrogens with zero attached hydrogens (tertiary/aromatic N) is 5. The van der Waals surface area contributed by atoms with Crippen LogP contribution in [0.3, 0.4) is 0 Å². The maximum atomic E-state index is 10.2. The van der Waals surface area contributed by atoms with Gasteiger partial charge in [-0.1, -0.05) is 66.2 Å². The molecule has 1 unspecified atom stereocenters. The minimum absolute atomic E-state index is 0.144. The van der Waals surface area contributed by atoms with Crippen LogP contribution in [0.15, 0.2) is 88.8 Å². The molecular weight excluding hydrogens is 430 g/mol. The van der Waals surface area contributed by atoms with Gasteiger partial charge in [0.05, 0.1) is 34.0 Å². The summed E-state index contributed by atoms with van der Waals surface area (Å²) in [5, 5.41) is 10.7. The number of rotatable bonds is 2. The maximum absolute atomic E-state index is 10.2. The summed E-state index contributed by atoms with van der Waals surface area (Å²) in [7, 11) is 0. The summed E-state index contributed by atoms with van der Waals surface area (Å²) in [6.45, 7) is 0. The average Bonchev–Trinajstić information content (AvgIpc) is 3.14. The van der Waals surface area contributed by atoms with E-state index in [0.29, 0.717) is 29.4 Å². The van der Waals surface area contributed by atoms with Crippen LogP contribution in [0.1, 0.15) is 30.3 Å². The fraction of sp³-hybridized carbons (Fsp3) is 0.111. The Bertz CT molecular complexity index is 1540. The number of aromatic nitrogens is 2. The van der Waals surface area contributed by atoms with Crippen molar-refractivity contribution in [1.82, 2.24) is 9.55 Å². The predicted molar refractivity (Wildman–Crippen MR) is 133 cm³/mol. The number of para-hydroxylation sites is 4. The summed E-state index contributed by atoms with van der Waals surface area (Å²) in [4.78, 5) is 14.5. The van der Waals surface area contributed by atoms with E-state index in [1.165, 1.54) is 0 Å². The SMILES string of the molecule is N#CC1=C(c2ccccc2)CC(C2=Nc3ccccc3N=C(Cl)C2)n2c1nc1ccccc12. The number of aliphatic imine (C=N–C) groups is 2. The van der Waals surface area contributed by atoms with Crippen molar-refractivity contribution in [2.75, 3.05) is 0 Å². The third-order valence-electron chi connectivity index (χ3n) is 6.16. The van der Waals surface area contributed by atoms with Crippen LogP contribution in [0, 0.1) is 11.3 Å². The Hall–Kier alpha value is -4.01. The van der Waals surface area contributed by atoms with E-state index in [4.69, 9.17) is 21.6 Å². The van der Waals surface area contributed by atoms with Crippen LogP contribution < -0.4 is 0 Å². The Morgan fingerprint density at radius 3 is 2.36 bits per heavy atom. The number of halogens is 1. The minimum atomic E-state index is -0.144. The molecule has 1 atom stereocenters. The number of benzene rings is 3. The first-order valence-corrected chi connectivity index (χ1v) is 11.2. The lowest BCUT2D eigenvalue weighted by molar-refractivity contribution is 0.646. The Labute approximate surface area is 196 Å². The van der Waals surface area contributed by atoms with Gasteiger partial charge >= 0.3 is 0 Å². The highest BCUT2D eigenvalue weighted by Crippen LogP contribution is 2.43. The Balaban J connectivity index is 1.62. The number of nitriles is 1. The Morgan fingerprint density at radius 2 is 1.58 bits per heavy atom. The maximum Gasteiger partial charge on any atom is 0.152 e. The second-order valence-electron chi connectivity index (χ2n) is 8.10. The van der Waals surface area contributed by atoms with E-state index in [0.717, 1.165) is 39.3 Å². The quantitative estimate of drug-likeness (QED) is 0.337. The molecule has 6 heteroatoms. The lowest BCUT2D eigenvalue weighted by Crippen LogP contribution is -2.26. The van der Waals surface area contributed by atoms with Crippen molar-refractivity contribution >= 4 is 56.0 Å². The summed E-state index contributed by atoms with van der Waals surface area (Å²) >= 11 is 6.57. The largest absolute Gasteiger partial charge is 0.314 e. The topological polar surface area (TPSA) is 66.3 Å². The van der Waals surface area contributed by atoms with Gasteiger partial charge in [0.25, 0.3) is 0 Å². The van der Waals surface area contributed by atoms with E-state index in [9.17, 15) is 5.26 Å². The third kappa shape index (κ3) is 3.27. The van der Waals surface area contributed by atoms with Crippen molar-refractivity contribution in [2.45, 2.75) is 18.9 Å². The van der Waals surface area contributed by atoms with E-state index in [1.807, 2.05) is 78.9 Å². The molecule has 6 rings (SSSR count). The van der Waals surface area contributed by atoms with Crippen molar-refractivity contribution in [2.24, 2.45) is 9.98 Å². The second kappa shape index (κ2) is 7.84. The van der Waals surface area contributed by atoms with Gasteiger partial charge in [-0.2, -0.15) is 5.26 Å². The number of hydrogen-bond acceptors (Lipinski definition) is 4. The lowest BCUT2D eigenvalue weighted by Gasteiger charge is -2.29. The Morgan fingerprint density at radius 1 is 0.879 bits per heavy atom. The van der Waals surface area contributed by atoms with E-state index in [2.05, 4.69) is 15.6 Å². The van der Waals surface area contributed by atoms with Crippen LogP contribution in [0.4, 0.5) is 11.4 Å². The van der Waals surface area contributed by atoms with E-state index in [1.54, 1.807) is 0 Å². The molecule has 0 aliphatic carbocycles. The van der Waals surface area contributed by atoms with E-state index in [-0.39, 0.29) is 6.04 Å². The van der Waals surface area contributed by atoms with Crippen molar-refractivity contribution in [3.05, 3.63) is 90.3 Å². The second-order valence-corrected chi connectivity index (χ2v) is 8.54. The molecule has 3 heterocycles. The van der Waals surface area contributed by atoms with Gasteiger partial charge < -0.3 is 4.57 Å². The fourth-order valence-electron chi connectivity index (χ4n) is 4.70. The molecule has 1 aromatic heterocycles. The molecule has 2 aliphatic heterocycles. The zero-order valence-electron chi connectivity index (χ0n) is 17.6. The van der Waals surface area contributed by atoms with Gasteiger partial charge in [0.15, 0.2) is 5.82 Å². The van der Waals surface area contributed by atoms with Crippen LogP contribution in [0.5, 0.6) is 0 Å². The number of hydrogen-bond donors (Lipinski definition) is 0. The molecule has 0 spiro atoms. The molecular formula is C27H18ClN5. The normalized spacial score (nSPS) is 17.5. The van der Waals surface area contributed by atoms with Gasteiger partial charge in [-0.3, -0.25) is 4.99 Å². The molecule has 0 N–H and O–H groups in total. The van der Waals surface area contributed by atoms with Gasteiger partial charge in [0.1, 0.15) is 11.2 Å². The minimum Gasteiger partial charge on any atom is -0.314 e. The molecule has 158 valence electrons. The molecule has 0 amide bonds. The number of allylic oxidation sites excluding steroid dienone is 2. The highest BCUT2D eigenvalue weighted by Gasteiger charge is 2.34. The first-order chi connectivity index (χ1) is 16.2. The zero-order valence-corrected chi connectivity index (χ0v) is 18.4. The molecule has 0 fully saturated rings. The molecule has 0 saturated carbocycles. The van der Waals surface area contributed by atoms with Crippen molar-refractivity contribution in [3.63, 3.8) is 0 Å². The predicted octanol–water partition coefficient (Wildman–Crippen LogP) is 6.86. The zero-order chi connectivity index (χ0) is 22.4. The summed E-state index contributed by atoms with van der Waals surface area (Å²) in [6, 6.07) is 28.1. The summed E-state index contributed by atoms with van der Waals surface area (Å²) in [5.41, 5.74) is 6.89. The van der Waals surface area contributed by atoms with E-state index >= 15 is 0 Å². The fourth-order valence-corrected chi connectivity index (χ4v) is 4.93. The van der Waals surface area contributed by atoms with Gasteiger partial charge in [-0.05, 0) is 35.4 Å². The summed E-state index contributed by atoms with van der Waals surface area (Å²) < 4.78 is 2.15. The highest BCUT2D eigenvalue weighted by atomic mass is 35.5. The Kier molecular flexibility index (Phi) is 4.67. The first kappa shape index (κ1) is 19.7. The van der Waals surface area contributed by atoms with Crippen LogP contribution in [0.2, 0.25) is 0 Å². The highest BCUT2D eigenvalue weighted by molar-refractivity contribution is 6.67. The number of fused-ring (bicyclic) bond motifs is 4. The monoisotopic (exact) mass is 447 g/mol. The first-order valence-electron chi connectivity index (χ1n) is 10.8. The van der Waals surface area contributed by atoms with Gasteiger partial charge in [0.2, 0.25) is 0 Å². The van der Waals surface area contributed by atoms with Gasteiger partial charge in [-0.15, -0.1) is 0 Å².